The maximum absolute atomic E-state index is 7.46. The van der Waals surface area contributed by atoms with E-state index in [4.69, 9.17) is 14.9 Å². The molecule has 0 aliphatic carbocycles. The summed E-state index contributed by atoms with van der Waals surface area (Å²) in [5.74, 6) is 0.559. The summed E-state index contributed by atoms with van der Waals surface area (Å²) in [7, 11) is 1.54. The van der Waals surface area contributed by atoms with Crippen molar-refractivity contribution in [3.63, 3.8) is 0 Å². The van der Waals surface area contributed by atoms with E-state index in [0.717, 1.165) is 0 Å². The van der Waals surface area contributed by atoms with Gasteiger partial charge in [0.2, 0.25) is 11.8 Å². The van der Waals surface area contributed by atoms with Gasteiger partial charge in [-0.3, -0.25) is 5.41 Å². The molecule has 1 aromatic heterocycles. The Kier molecular flexibility index (Phi) is 3.25. The first-order chi connectivity index (χ1) is 6.27. The van der Waals surface area contributed by atoms with E-state index in [-0.39, 0.29) is 5.90 Å². The number of hydrogen-bond acceptors (Lipinski definition) is 4. The second-order valence-electron chi connectivity index (χ2n) is 2.33. The summed E-state index contributed by atoms with van der Waals surface area (Å²) in [4.78, 5) is 4.04. The van der Waals surface area contributed by atoms with Crippen LogP contribution in [0.15, 0.2) is 18.2 Å². The fourth-order valence-corrected chi connectivity index (χ4v) is 0.873. The minimum absolute atomic E-state index is 0.0707. The summed E-state index contributed by atoms with van der Waals surface area (Å²) in [5.41, 5.74) is 0.487. The van der Waals surface area contributed by atoms with Crippen LogP contribution in [0.2, 0.25) is 0 Å². The molecular weight excluding hydrogens is 168 g/mol. The molecule has 0 atom stereocenters. The average molecular weight is 180 g/mol. The Morgan fingerprint density at radius 1 is 1.54 bits per heavy atom. The van der Waals surface area contributed by atoms with E-state index in [2.05, 4.69) is 4.98 Å². The van der Waals surface area contributed by atoms with E-state index in [1.54, 1.807) is 18.2 Å². The third-order valence-corrected chi connectivity index (χ3v) is 1.45. The minimum atomic E-state index is 0.0707. The van der Waals surface area contributed by atoms with Crippen LogP contribution in [-0.2, 0) is 4.74 Å². The molecule has 1 aromatic rings. The Morgan fingerprint density at radius 2 is 2.31 bits per heavy atom. The molecule has 0 aliphatic heterocycles. The first-order valence-electron chi connectivity index (χ1n) is 4.00. The first-order valence-corrected chi connectivity index (χ1v) is 4.00. The molecule has 0 radical (unpaired) electrons. The number of pyridine rings is 1. The smallest absolute Gasteiger partial charge is 0.232 e. The van der Waals surface area contributed by atoms with Crippen molar-refractivity contribution >= 4 is 5.90 Å². The summed E-state index contributed by atoms with van der Waals surface area (Å²) in [6.45, 7) is 2.30. The molecule has 0 saturated heterocycles. The Morgan fingerprint density at radius 3 is 2.92 bits per heavy atom. The largest absolute Gasteiger partial charge is 0.481 e. The maximum atomic E-state index is 7.46. The maximum Gasteiger partial charge on any atom is 0.232 e. The van der Waals surface area contributed by atoms with Gasteiger partial charge in [0, 0.05) is 6.07 Å². The van der Waals surface area contributed by atoms with Crippen LogP contribution >= 0.6 is 0 Å². The van der Waals surface area contributed by atoms with Crippen LogP contribution in [0.5, 0.6) is 5.88 Å². The molecule has 0 aromatic carbocycles. The number of methoxy groups -OCH3 is 1. The zero-order chi connectivity index (χ0) is 9.68. The van der Waals surface area contributed by atoms with E-state index >= 15 is 0 Å². The zero-order valence-electron chi connectivity index (χ0n) is 7.70. The van der Waals surface area contributed by atoms with E-state index < -0.39 is 0 Å². The second kappa shape index (κ2) is 4.45. The third kappa shape index (κ3) is 2.43. The van der Waals surface area contributed by atoms with E-state index in [1.807, 2.05) is 6.92 Å². The van der Waals surface area contributed by atoms with Gasteiger partial charge in [0.25, 0.3) is 0 Å². The molecular formula is C9H12N2O2. The number of hydrogen-bond donors (Lipinski definition) is 1. The van der Waals surface area contributed by atoms with Gasteiger partial charge < -0.3 is 9.47 Å². The summed E-state index contributed by atoms with van der Waals surface area (Å²) in [5, 5.41) is 7.46. The highest BCUT2D eigenvalue weighted by atomic mass is 16.5. The van der Waals surface area contributed by atoms with Crippen LogP contribution in [-0.4, -0.2) is 24.6 Å². The van der Waals surface area contributed by atoms with Crippen LogP contribution in [0, 0.1) is 5.41 Å². The third-order valence-electron chi connectivity index (χ3n) is 1.45. The standard InChI is InChI=1S/C9H12N2O2/c1-3-13-9(10)7-5-4-6-8(11-7)12-2/h4-6,10H,3H2,1-2H3. The lowest BCUT2D eigenvalue weighted by atomic mass is 10.3. The van der Waals surface area contributed by atoms with Gasteiger partial charge in [-0.25, -0.2) is 4.98 Å². The lowest BCUT2D eigenvalue weighted by Crippen LogP contribution is -2.07. The highest BCUT2D eigenvalue weighted by molar-refractivity contribution is 5.89. The molecule has 4 heteroatoms. The van der Waals surface area contributed by atoms with Gasteiger partial charge in [-0.05, 0) is 13.0 Å². The Bertz CT molecular complexity index is 299. The topological polar surface area (TPSA) is 55.2 Å². The van der Waals surface area contributed by atoms with Crippen molar-refractivity contribution < 1.29 is 9.47 Å². The van der Waals surface area contributed by atoms with Gasteiger partial charge in [0.1, 0.15) is 5.69 Å². The van der Waals surface area contributed by atoms with Gasteiger partial charge in [-0.2, -0.15) is 0 Å². The predicted molar refractivity (Wildman–Crippen MR) is 49.2 cm³/mol. The molecule has 0 spiro atoms. The Labute approximate surface area is 77.0 Å². The molecule has 4 nitrogen and oxygen atoms in total. The molecule has 1 N–H and O–H groups in total. The lowest BCUT2D eigenvalue weighted by Gasteiger charge is -2.04. The number of aromatic nitrogens is 1. The SMILES string of the molecule is CCOC(=N)c1cccc(OC)n1. The summed E-state index contributed by atoms with van der Waals surface area (Å²) >= 11 is 0. The summed E-state index contributed by atoms with van der Waals surface area (Å²) < 4.78 is 9.91. The molecule has 1 rings (SSSR count). The zero-order valence-corrected chi connectivity index (χ0v) is 7.70. The van der Waals surface area contributed by atoms with Crippen LogP contribution in [0.4, 0.5) is 0 Å². The van der Waals surface area contributed by atoms with Crippen molar-refractivity contribution in [2.75, 3.05) is 13.7 Å². The average Bonchev–Trinajstić information content (AvgIpc) is 2.18. The number of nitrogens with zero attached hydrogens (tertiary/aromatic N) is 1. The summed E-state index contributed by atoms with van der Waals surface area (Å²) in [6.07, 6.45) is 0. The number of rotatable bonds is 3. The minimum Gasteiger partial charge on any atom is -0.481 e. The predicted octanol–water partition coefficient (Wildman–Crippen LogP) is 1.45. The van der Waals surface area contributed by atoms with E-state index in [9.17, 15) is 0 Å². The van der Waals surface area contributed by atoms with Crippen molar-refractivity contribution in [2.45, 2.75) is 6.92 Å². The molecule has 70 valence electrons. The summed E-state index contributed by atoms with van der Waals surface area (Å²) in [6, 6.07) is 5.21. The van der Waals surface area contributed by atoms with Gasteiger partial charge in [-0.1, -0.05) is 6.07 Å². The van der Waals surface area contributed by atoms with Crippen molar-refractivity contribution in [2.24, 2.45) is 0 Å². The molecule has 0 fully saturated rings. The molecule has 0 amide bonds. The molecule has 1 heterocycles. The lowest BCUT2D eigenvalue weighted by molar-refractivity contribution is 0.323. The van der Waals surface area contributed by atoms with Crippen LogP contribution in [0.25, 0.3) is 0 Å². The molecule has 0 bridgehead atoms. The monoisotopic (exact) mass is 180 g/mol. The van der Waals surface area contributed by atoms with Crippen molar-refractivity contribution in [3.05, 3.63) is 23.9 Å². The molecule has 0 aliphatic rings. The molecule has 0 unspecified atom stereocenters. The van der Waals surface area contributed by atoms with Crippen LogP contribution in [0.3, 0.4) is 0 Å². The fraction of sp³-hybridized carbons (Fsp3) is 0.333. The number of ether oxygens (including phenoxy) is 2. The fourth-order valence-electron chi connectivity index (χ4n) is 0.873. The van der Waals surface area contributed by atoms with Gasteiger partial charge in [-0.15, -0.1) is 0 Å². The van der Waals surface area contributed by atoms with Crippen molar-refractivity contribution in [3.8, 4) is 5.88 Å². The quantitative estimate of drug-likeness (QED) is 0.565. The second-order valence-corrected chi connectivity index (χ2v) is 2.33. The normalized spacial score (nSPS) is 9.38. The first kappa shape index (κ1) is 9.51. The highest BCUT2D eigenvalue weighted by Crippen LogP contribution is 2.07. The highest BCUT2D eigenvalue weighted by Gasteiger charge is 2.03. The van der Waals surface area contributed by atoms with Crippen LogP contribution in [0.1, 0.15) is 12.6 Å². The number of nitrogens with one attached hydrogen (secondary N) is 1. The Balaban J connectivity index is 2.82. The van der Waals surface area contributed by atoms with Crippen molar-refractivity contribution in [1.29, 1.82) is 5.41 Å². The van der Waals surface area contributed by atoms with E-state index in [0.29, 0.717) is 18.2 Å². The van der Waals surface area contributed by atoms with Crippen molar-refractivity contribution in [1.82, 2.24) is 4.98 Å². The van der Waals surface area contributed by atoms with Gasteiger partial charge >= 0.3 is 0 Å². The van der Waals surface area contributed by atoms with E-state index in [1.165, 1.54) is 7.11 Å². The molecule has 13 heavy (non-hydrogen) atoms. The van der Waals surface area contributed by atoms with Crippen LogP contribution < -0.4 is 4.74 Å². The molecule has 0 saturated carbocycles. The van der Waals surface area contributed by atoms with Gasteiger partial charge in [0.05, 0.1) is 13.7 Å². The van der Waals surface area contributed by atoms with Gasteiger partial charge in [0.15, 0.2) is 0 Å². The Hall–Kier alpha value is -1.58.